The van der Waals surface area contributed by atoms with E-state index in [2.05, 4.69) is 0 Å². The Kier molecular flexibility index (Phi) is 5.95. The van der Waals surface area contributed by atoms with Crippen LogP contribution in [-0.2, 0) is 19.9 Å². The number of benzene rings is 2. The zero-order valence-corrected chi connectivity index (χ0v) is 20.1. The smallest absolute Gasteiger partial charge is 0.296 e. The first-order chi connectivity index (χ1) is 16.2. The van der Waals surface area contributed by atoms with Crippen molar-refractivity contribution in [3.8, 4) is 5.75 Å². The molecule has 0 bridgehead atoms. The highest BCUT2D eigenvalue weighted by atomic mass is 16.5. The number of methoxy groups -OCH3 is 1. The molecule has 1 atom stereocenters. The number of hydrogen-bond donors (Lipinski definition) is 1. The van der Waals surface area contributed by atoms with Crippen LogP contribution in [0.4, 0.5) is 5.69 Å². The number of aliphatic hydroxyl groups is 1. The molecule has 0 aliphatic carbocycles. The minimum absolute atomic E-state index is 0.190. The van der Waals surface area contributed by atoms with E-state index in [1.165, 1.54) is 9.80 Å². The standard InChI is InChI=1S/C26H29N3O5/c1-16-15-17(11-12-20(16)34-5)22(30)21-23(31)24(32)29(14-8-13-27(2)3)26(21)18-9-6-7-10-19(18)28(4)25(26)33/h6-7,9-12,15,30H,8,13-14H2,1-5H3/t26-/m0/s1. The van der Waals surface area contributed by atoms with Gasteiger partial charge in [0, 0.05) is 30.4 Å². The number of Topliss-reactive ketones (excluding diaryl/α,β-unsaturated/α-hetero) is 1. The molecule has 8 heteroatoms. The number of fused-ring (bicyclic) bond motifs is 2. The number of ketones is 1. The maximum atomic E-state index is 13.9. The molecule has 0 saturated carbocycles. The van der Waals surface area contributed by atoms with Gasteiger partial charge in [-0.3, -0.25) is 14.4 Å². The number of likely N-dealkylation sites (tertiary alicyclic amines) is 1. The Balaban J connectivity index is 1.98. The van der Waals surface area contributed by atoms with Crippen molar-refractivity contribution in [1.82, 2.24) is 9.80 Å². The van der Waals surface area contributed by atoms with Gasteiger partial charge in [-0.1, -0.05) is 18.2 Å². The summed E-state index contributed by atoms with van der Waals surface area (Å²) in [6.45, 7) is 2.67. The summed E-state index contributed by atoms with van der Waals surface area (Å²) >= 11 is 0. The molecule has 1 fully saturated rings. The molecule has 8 nitrogen and oxygen atoms in total. The summed E-state index contributed by atoms with van der Waals surface area (Å²) in [7, 11) is 7.00. The Morgan fingerprint density at radius 1 is 1.12 bits per heavy atom. The van der Waals surface area contributed by atoms with Gasteiger partial charge in [0.1, 0.15) is 11.5 Å². The Bertz CT molecular complexity index is 1220. The third kappa shape index (κ3) is 3.28. The monoisotopic (exact) mass is 463 g/mol. The molecule has 2 heterocycles. The zero-order chi connectivity index (χ0) is 24.8. The van der Waals surface area contributed by atoms with E-state index in [0.717, 1.165) is 5.56 Å². The van der Waals surface area contributed by atoms with E-state index in [9.17, 15) is 19.5 Å². The van der Waals surface area contributed by atoms with E-state index in [-0.39, 0.29) is 17.9 Å². The third-order valence-electron chi connectivity index (χ3n) is 6.59. The van der Waals surface area contributed by atoms with Crippen LogP contribution in [-0.4, -0.2) is 73.8 Å². The van der Waals surface area contributed by atoms with Gasteiger partial charge in [0.15, 0.2) is 5.54 Å². The van der Waals surface area contributed by atoms with Gasteiger partial charge in [-0.25, -0.2) is 0 Å². The third-order valence-corrected chi connectivity index (χ3v) is 6.59. The summed E-state index contributed by atoms with van der Waals surface area (Å²) in [5.41, 5.74) is 0.278. The van der Waals surface area contributed by atoms with E-state index in [1.807, 2.05) is 25.9 Å². The van der Waals surface area contributed by atoms with Crippen molar-refractivity contribution in [2.45, 2.75) is 18.9 Å². The molecule has 34 heavy (non-hydrogen) atoms. The van der Waals surface area contributed by atoms with Gasteiger partial charge in [0.2, 0.25) is 0 Å². The molecule has 2 aromatic carbocycles. The lowest BCUT2D eigenvalue weighted by Crippen LogP contribution is -2.51. The quantitative estimate of drug-likeness (QED) is 0.402. The highest BCUT2D eigenvalue weighted by Gasteiger charge is 2.66. The van der Waals surface area contributed by atoms with Crippen LogP contribution in [0.3, 0.4) is 0 Å². The zero-order valence-electron chi connectivity index (χ0n) is 20.1. The molecule has 2 amide bonds. The van der Waals surface area contributed by atoms with Gasteiger partial charge in [0.25, 0.3) is 17.6 Å². The summed E-state index contributed by atoms with van der Waals surface area (Å²) in [6.07, 6.45) is 0.558. The molecule has 2 aromatic rings. The summed E-state index contributed by atoms with van der Waals surface area (Å²) in [4.78, 5) is 45.5. The summed E-state index contributed by atoms with van der Waals surface area (Å²) in [6, 6.07) is 12.1. The van der Waals surface area contributed by atoms with E-state index in [4.69, 9.17) is 4.74 Å². The number of aliphatic hydroxyl groups excluding tert-OH is 1. The van der Waals surface area contributed by atoms with Crippen LogP contribution < -0.4 is 9.64 Å². The van der Waals surface area contributed by atoms with Crippen LogP contribution in [0.15, 0.2) is 48.0 Å². The topological polar surface area (TPSA) is 90.4 Å². The highest BCUT2D eigenvalue weighted by molar-refractivity contribution is 6.50. The molecular formula is C26H29N3O5. The van der Waals surface area contributed by atoms with Crippen molar-refractivity contribution in [3.63, 3.8) is 0 Å². The predicted octanol–water partition coefficient (Wildman–Crippen LogP) is 2.51. The van der Waals surface area contributed by atoms with Crippen molar-refractivity contribution >= 4 is 29.0 Å². The summed E-state index contributed by atoms with van der Waals surface area (Å²) in [5, 5.41) is 11.4. The first-order valence-electron chi connectivity index (χ1n) is 11.1. The Morgan fingerprint density at radius 2 is 1.82 bits per heavy atom. The van der Waals surface area contributed by atoms with E-state index < -0.39 is 23.1 Å². The fourth-order valence-corrected chi connectivity index (χ4v) is 4.99. The number of rotatable bonds is 6. The first-order valence-corrected chi connectivity index (χ1v) is 11.1. The predicted molar refractivity (Wildman–Crippen MR) is 129 cm³/mol. The minimum Gasteiger partial charge on any atom is -0.507 e. The second kappa shape index (κ2) is 8.61. The summed E-state index contributed by atoms with van der Waals surface area (Å²) in [5.74, 6) is -1.85. The Labute approximate surface area is 199 Å². The number of likely N-dealkylation sites (N-methyl/N-ethyl adjacent to an activating group) is 1. The van der Waals surface area contributed by atoms with Gasteiger partial charge in [-0.05, 0) is 63.8 Å². The molecule has 178 valence electrons. The van der Waals surface area contributed by atoms with Crippen LogP contribution in [0.2, 0.25) is 0 Å². The van der Waals surface area contributed by atoms with Crippen molar-refractivity contribution in [2.24, 2.45) is 0 Å². The van der Waals surface area contributed by atoms with E-state index in [0.29, 0.717) is 35.5 Å². The minimum atomic E-state index is -1.72. The van der Waals surface area contributed by atoms with Crippen LogP contribution in [0.25, 0.3) is 5.76 Å². The van der Waals surface area contributed by atoms with Crippen LogP contribution in [0, 0.1) is 6.92 Å². The lowest BCUT2D eigenvalue weighted by Gasteiger charge is -2.34. The number of hydrogen-bond acceptors (Lipinski definition) is 6. The average molecular weight is 464 g/mol. The number of ether oxygens (including phenoxy) is 1. The maximum absolute atomic E-state index is 13.9. The maximum Gasteiger partial charge on any atom is 0.296 e. The molecule has 0 aromatic heterocycles. The number of aryl methyl sites for hydroxylation is 1. The van der Waals surface area contributed by atoms with Crippen LogP contribution in [0.1, 0.15) is 23.1 Å². The molecule has 0 unspecified atom stereocenters. The molecule has 1 saturated heterocycles. The van der Waals surface area contributed by atoms with Crippen LogP contribution >= 0.6 is 0 Å². The fourth-order valence-electron chi connectivity index (χ4n) is 4.99. The molecule has 2 aliphatic heterocycles. The van der Waals surface area contributed by atoms with Gasteiger partial charge >= 0.3 is 0 Å². The van der Waals surface area contributed by atoms with E-state index in [1.54, 1.807) is 56.6 Å². The van der Waals surface area contributed by atoms with Gasteiger partial charge in [-0.2, -0.15) is 0 Å². The van der Waals surface area contributed by atoms with Gasteiger partial charge in [0.05, 0.1) is 12.7 Å². The molecule has 0 radical (unpaired) electrons. The average Bonchev–Trinajstić information content (AvgIpc) is 3.17. The van der Waals surface area contributed by atoms with Gasteiger partial charge < -0.3 is 24.5 Å². The second-order valence-electron chi connectivity index (χ2n) is 8.94. The second-order valence-corrected chi connectivity index (χ2v) is 8.94. The highest BCUT2D eigenvalue weighted by Crippen LogP contribution is 2.53. The van der Waals surface area contributed by atoms with E-state index >= 15 is 0 Å². The normalized spacial score (nSPS) is 21.2. The lowest BCUT2D eigenvalue weighted by atomic mass is 9.81. The molecular weight excluding hydrogens is 434 g/mol. The molecule has 4 rings (SSSR count). The number of carbonyl (C=O) groups excluding carboxylic acids is 3. The van der Waals surface area contributed by atoms with Crippen molar-refractivity contribution < 1.29 is 24.2 Å². The number of para-hydroxylation sites is 1. The van der Waals surface area contributed by atoms with Crippen molar-refractivity contribution in [3.05, 3.63) is 64.7 Å². The Morgan fingerprint density at radius 3 is 2.47 bits per heavy atom. The van der Waals surface area contributed by atoms with Crippen molar-refractivity contribution in [1.29, 1.82) is 0 Å². The molecule has 1 N–H and O–H groups in total. The number of carbonyl (C=O) groups is 3. The first kappa shape index (κ1) is 23.5. The Hall–Kier alpha value is -3.65. The summed E-state index contributed by atoms with van der Waals surface area (Å²) < 4.78 is 5.30. The lowest BCUT2D eigenvalue weighted by molar-refractivity contribution is -0.143. The van der Waals surface area contributed by atoms with Crippen LogP contribution in [0.5, 0.6) is 5.75 Å². The number of anilines is 1. The largest absolute Gasteiger partial charge is 0.507 e. The van der Waals surface area contributed by atoms with Crippen molar-refractivity contribution in [2.75, 3.05) is 46.2 Å². The number of amides is 2. The molecule has 1 spiro atoms. The van der Waals surface area contributed by atoms with Gasteiger partial charge in [-0.15, -0.1) is 0 Å². The fraction of sp³-hybridized carbons (Fsp3) is 0.346. The number of nitrogens with zero attached hydrogens (tertiary/aromatic N) is 3. The SMILES string of the molecule is COc1ccc(C(O)=C2C(=O)C(=O)N(CCCN(C)C)[C@]23C(=O)N(C)c2ccccc23)cc1C. The molecule has 2 aliphatic rings.